The number of carbonyl (C=O) groups is 3. The molecule has 0 spiro atoms. The number of amides is 3. The summed E-state index contributed by atoms with van der Waals surface area (Å²) in [7, 11) is 0. The Morgan fingerprint density at radius 3 is 2.38 bits per heavy atom. The topological polar surface area (TPSA) is 69.7 Å². The first-order chi connectivity index (χ1) is 16.3. The van der Waals surface area contributed by atoms with Gasteiger partial charge in [-0.1, -0.05) is 53.5 Å². The highest BCUT2D eigenvalue weighted by molar-refractivity contribution is 6.53. The van der Waals surface area contributed by atoms with Gasteiger partial charge >= 0.3 is 0 Å². The van der Waals surface area contributed by atoms with Gasteiger partial charge < -0.3 is 10.2 Å². The van der Waals surface area contributed by atoms with Crippen molar-refractivity contribution in [3.63, 3.8) is 0 Å². The lowest BCUT2D eigenvalue weighted by Gasteiger charge is -2.21. The Morgan fingerprint density at radius 2 is 1.68 bits per heavy atom. The van der Waals surface area contributed by atoms with Crippen molar-refractivity contribution in [1.29, 1.82) is 0 Å². The molecular weight excluding hydrogens is 473 g/mol. The van der Waals surface area contributed by atoms with Crippen LogP contribution < -0.4 is 15.1 Å². The van der Waals surface area contributed by atoms with Gasteiger partial charge in [-0.15, -0.1) is 0 Å². The molecule has 0 saturated carbocycles. The van der Waals surface area contributed by atoms with E-state index >= 15 is 0 Å². The molecule has 0 atom stereocenters. The molecule has 1 aliphatic rings. The molecule has 172 valence electrons. The van der Waals surface area contributed by atoms with Crippen molar-refractivity contribution in [3.05, 3.63) is 99.7 Å². The van der Waals surface area contributed by atoms with Crippen molar-refractivity contribution in [3.8, 4) is 0 Å². The van der Waals surface area contributed by atoms with Gasteiger partial charge in [-0.2, -0.15) is 0 Å². The second-order valence-corrected chi connectivity index (χ2v) is 8.47. The largest absolute Gasteiger partial charge is 0.350 e. The number of benzene rings is 3. The maximum Gasteiger partial charge on any atom is 0.283 e. The van der Waals surface area contributed by atoms with Gasteiger partial charge in [-0.05, 0) is 61.9 Å². The predicted octanol–water partition coefficient (Wildman–Crippen LogP) is 5.75. The molecule has 0 aromatic heterocycles. The number of hydrogen-bond donors (Lipinski definition) is 1. The third-order valence-electron chi connectivity index (χ3n) is 5.45. The van der Waals surface area contributed by atoms with Gasteiger partial charge in [-0.25, -0.2) is 4.90 Å². The second-order valence-electron chi connectivity index (χ2n) is 7.66. The summed E-state index contributed by atoms with van der Waals surface area (Å²) < 4.78 is 0. The zero-order chi connectivity index (χ0) is 24.4. The van der Waals surface area contributed by atoms with E-state index in [4.69, 9.17) is 23.2 Å². The monoisotopic (exact) mass is 493 g/mol. The molecule has 4 rings (SSSR count). The van der Waals surface area contributed by atoms with Crippen LogP contribution in [-0.2, 0) is 9.59 Å². The Bertz CT molecular complexity index is 1320. The van der Waals surface area contributed by atoms with Crippen molar-refractivity contribution in [2.45, 2.75) is 13.8 Å². The third-order valence-corrected chi connectivity index (χ3v) is 6.03. The van der Waals surface area contributed by atoms with Gasteiger partial charge in [0.15, 0.2) is 0 Å². The molecule has 8 heteroatoms. The molecule has 0 saturated heterocycles. The Hall–Kier alpha value is -3.61. The van der Waals surface area contributed by atoms with E-state index in [-0.39, 0.29) is 16.6 Å². The molecule has 1 heterocycles. The summed E-state index contributed by atoms with van der Waals surface area (Å²) in [6.45, 7) is 4.15. The van der Waals surface area contributed by atoms with Gasteiger partial charge in [0.1, 0.15) is 10.7 Å². The first kappa shape index (κ1) is 23.5. The number of aryl methyl sites for hydroxylation is 1. The number of halogens is 2. The molecule has 3 aromatic carbocycles. The lowest BCUT2D eigenvalue weighted by Crippen LogP contribution is -2.33. The van der Waals surface area contributed by atoms with Crippen LogP contribution in [0.3, 0.4) is 0 Å². The summed E-state index contributed by atoms with van der Waals surface area (Å²) in [5.41, 5.74) is 2.66. The normalized spacial score (nSPS) is 13.5. The standard InChI is InChI=1S/C26H21Cl2N3O3/c1-3-30(20-10-5-4-6-11-20)24(32)17-8-7-9-19(14-17)29-23-22(28)25(33)31(26(23)34)21-15-18(27)13-12-16(21)2/h4-15,29H,3H2,1-2H3. The predicted molar refractivity (Wildman–Crippen MR) is 135 cm³/mol. The Kier molecular flexibility index (Phi) is 6.72. The number of anilines is 3. The lowest BCUT2D eigenvalue weighted by atomic mass is 10.1. The van der Waals surface area contributed by atoms with Gasteiger partial charge in [-0.3, -0.25) is 14.4 Å². The van der Waals surface area contributed by atoms with Crippen LogP contribution >= 0.6 is 23.2 Å². The van der Waals surface area contributed by atoms with Gasteiger partial charge in [0, 0.05) is 28.5 Å². The number of hydrogen-bond acceptors (Lipinski definition) is 4. The van der Waals surface area contributed by atoms with Crippen LogP contribution in [0.25, 0.3) is 0 Å². The molecule has 0 radical (unpaired) electrons. The number of para-hydroxylation sites is 1. The van der Waals surface area contributed by atoms with Crippen LogP contribution in [0.15, 0.2) is 83.5 Å². The summed E-state index contributed by atoms with van der Waals surface area (Å²) >= 11 is 12.3. The van der Waals surface area contributed by atoms with E-state index in [0.717, 1.165) is 10.6 Å². The Balaban J connectivity index is 1.60. The van der Waals surface area contributed by atoms with Crippen LogP contribution in [0, 0.1) is 6.92 Å². The van der Waals surface area contributed by atoms with Crippen LogP contribution in [0.5, 0.6) is 0 Å². The number of nitrogens with zero attached hydrogens (tertiary/aromatic N) is 2. The lowest BCUT2D eigenvalue weighted by molar-refractivity contribution is -0.120. The number of rotatable bonds is 6. The van der Waals surface area contributed by atoms with Gasteiger partial charge in [0.2, 0.25) is 0 Å². The van der Waals surface area contributed by atoms with Crippen molar-refractivity contribution < 1.29 is 14.4 Å². The summed E-state index contributed by atoms with van der Waals surface area (Å²) in [6.07, 6.45) is 0. The first-order valence-corrected chi connectivity index (χ1v) is 11.4. The maximum absolute atomic E-state index is 13.2. The number of imide groups is 1. The fourth-order valence-corrected chi connectivity index (χ4v) is 4.11. The van der Waals surface area contributed by atoms with E-state index in [9.17, 15) is 14.4 Å². The molecule has 0 aliphatic carbocycles. The molecular formula is C26H21Cl2N3O3. The van der Waals surface area contributed by atoms with Crippen LogP contribution in [0.2, 0.25) is 5.02 Å². The van der Waals surface area contributed by atoms with Crippen LogP contribution in [0.4, 0.5) is 17.1 Å². The third kappa shape index (κ3) is 4.42. The molecule has 0 bridgehead atoms. The number of nitrogens with one attached hydrogen (secondary N) is 1. The zero-order valence-corrected chi connectivity index (χ0v) is 20.0. The molecule has 1 aliphatic heterocycles. The average Bonchev–Trinajstić information content (AvgIpc) is 3.05. The van der Waals surface area contributed by atoms with Crippen molar-refractivity contribution in [2.75, 3.05) is 21.7 Å². The van der Waals surface area contributed by atoms with Gasteiger partial charge in [0.05, 0.1) is 5.69 Å². The summed E-state index contributed by atoms with van der Waals surface area (Å²) in [6, 6.07) is 21.0. The van der Waals surface area contributed by atoms with E-state index in [1.54, 1.807) is 54.3 Å². The highest BCUT2D eigenvalue weighted by Gasteiger charge is 2.39. The zero-order valence-electron chi connectivity index (χ0n) is 18.5. The highest BCUT2D eigenvalue weighted by atomic mass is 35.5. The summed E-state index contributed by atoms with van der Waals surface area (Å²) in [4.78, 5) is 41.8. The van der Waals surface area contributed by atoms with E-state index in [1.807, 2.05) is 37.3 Å². The average molecular weight is 494 g/mol. The summed E-state index contributed by atoms with van der Waals surface area (Å²) in [5.74, 6) is -1.44. The van der Waals surface area contributed by atoms with Crippen molar-refractivity contribution in [1.82, 2.24) is 0 Å². The minimum Gasteiger partial charge on any atom is -0.350 e. The molecule has 0 unspecified atom stereocenters. The minimum atomic E-state index is -0.645. The molecule has 3 aromatic rings. The van der Waals surface area contributed by atoms with Crippen molar-refractivity contribution in [2.24, 2.45) is 0 Å². The fraction of sp³-hybridized carbons (Fsp3) is 0.115. The van der Waals surface area contributed by atoms with E-state index in [1.165, 1.54) is 0 Å². The second kappa shape index (κ2) is 9.71. The Labute approximate surface area is 207 Å². The van der Waals surface area contributed by atoms with Crippen LogP contribution in [-0.4, -0.2) is 24.3 Å². The van der Waals surface area contributed by atoms with E-state index in [0.29, 0.717) is 34.1 Å². The van der Waals surface area contributed by atoms with Crippen LogP contribution in [0.1, 0.15) is 22.8 Å². The maximum atomic E-state index is 13.2. The molecule has 0 fully saturated rings. The molecule has 3 amide bonds. The smallest absolute Gasteiger partial charge is 0.283 e. The molecule has 1 N–H and O–H groups in total. The van der Waals surface area contributed by atoms with E-state index < -0.39 is 11.8 Å². The quantitative estimate of drug-likeness (QED) is 0.443. The first-order valence-electron chi connectivity index (χ1n) is 10.6. The molecule has 34 heavy (non-hydrogen) atoms. The Morgan fingerprint density at radius 1 is 0.941 bits per heavy atom. The van der Waals surface area contributed by atoms with Crippen molar-refractivity contribution >= 4 is 58.0 Å². The van der Waals surface area contributed by atoms with E-state index in [2.05, 4.69) is 5.32 Å². The van der Waals surface area contributed by atoms with Gasteiger partial charge in [0.25, 0.3) is 17.7 Å². The highest BCUT2D eigenvalue weighted by Crippen LogP contribution is 2.33. The summed E-state index contributed by atoms with van der Waals surface area (Å²) in [5, 5.41) is 3.09. The molecule has 6 nitrogen and oxygen atoms in total. The number of carbonyl (C=O) groups excluding carboxylic acids is 3. The minimum absolute atomic E-state index is 0.0638. The fourth-order valence-electron chi connectivity index (χ4n) is 3.74. The SMILES string of the molecule is CCN(C(=O)c1cccc(NC2=C(Cl)C(=O)N(c3cc(Cl)ccc3C)C2=O)c1)c1ccccc1.